The lowest BCUT2D eigenvalue weighted by Gasteiger charge is -2.12. The summed E-state index contributed by atoms with van der Waals surface area (Å²) in [7, 11) is 3.06. The van der Waals surface area contributed by atoms with Gasteiger partial charge in [0.05, 0.1) is 24.2 Å². The van der Waals surface area contributed by atoms with Crippen molar-refractivity contribution in [1.29, 1.82) is 0 Å². The Hall–Kier alpha value is -2.07. The number of benzene rings is 1. The predicted molar refractivity (Wildman–Crippen MR) is 90.2 cm³/mol. The SMILES string of the molecule is COC(=O)Cc1c(Cl)cc(C(=O)c2c(C)cc(C)cc2C)n1C. The molecule has 4 nitrogen and oxygen atoms in total. The van der Waals surface area contributed by atoms with E-state index >= 15 is 0 Å². The molecule has 0 fully saturated rings. The van der Waals surface area contributed by atoms with E-state index in [4.69, 9.17) is 11.6 Å². The Bertz CT molecular complexity index is 767. The lowest BCUT2D eigenvalue weighted by molar-refractivity contribution is -0.139. The number of hydrogen-bond donors (Lipinski definition) is 0. The van der Waals surface area contributed by atoms with Gasteiger partial charge in [0.2, 0.25) is 5.78 Å². The molecule has 1 aromatic heterocycles. The molecule has 23 heavy (non-hydrogen) atoms. The van der Waals surface area contributed by atoms with Gasteiger partial charge in [-0.15, -0.1) is 0 Å². The van der Waals surface area contributed by atoms with Gasteiger partial charge in [-0.25, -0.2) is 0 Å². The van der Waals surface area contributed by atoms with Crippen molar-refractivity contribution < 1.29 is 14.3 Å². The fourth-order valence-electron chi connectivity index (χ4n) is 2.90. The zero-order chi connectivity index (χ0) is 17.3. The molecule has 0 aliphatic rings. The molecule has 0 radical (unpaired) electrons. The van der Waals surface area contributed by atoms with Gasteiger partial charge in [0, 0.05) is 18.3 Å². The first-order valence-electron chi connectivity index (χ1n) is 7.29. The Morgan fingerprint density at radius 3 is 2.22 bits per heavy atom. The minimum Gasteiger partial charge on any atom is -0.469 e. The third-order valence-corrected chi connectivity index (χ3v) is 4.31. The molecule has 0 bridgehead atoms. The zero-order valence-electron chi connectivity index (χ0n) is 14.0. The summed E-state index contributed by atoms with van der Waals surface area (Å²) in [5.74, 6) is -0.490. The summed E-state index contributed by atoms with van der Waals surface area (Å²) in [6.07, 6.45) is 0.0327. The van der Waals surface area contributed by atoms with Crippen LogP contribution in [0.2, 0.25) is 5.02 Å². The second-order valence-electron chi connectivity index (χ2n) is 5.74. The maximum absolute atomic E-state index is 12.9. The van der Waals surface area contributed by atoms with Gasteiger partial charge in [-0.1, -0.05) is 29.3 Å². The molecule has 0 spiro atoms. The highest BCUT2D eigenvalue weighted by Crippen LogP contribution is 2.26. The Kier molecular flexibility index (Phi) is 4.95. The van der Waals surface area contributed by atoms with Crippen molar-refractivity contribution in [2.45, 2.75) is 27.2 Å². The molecule has 2 aromatic rings. The third kappa shape index (κ3) is 3.32. The van der Waals surface area contributed by atoms with Crippen LogP contribution in [-0.4, -0.2) is 23.4 Å². The summed E-state index contributed by atoms with van der Waals surface area (Å²) in [6, 6.07) is 5.58. The van der Waals surface area contributed by atoms with E-state index in [1.54, 1.807) is 17.7 Å². The molecule has 0 amide bonds. The van der Waals surface area contributed by atoms with E-state index < -0.39 is 5.97 Å². The van der Waals surface area contributed by atoms with Crippen molar-refractivity contribution >= 4 is 23.4 Å². The number of methoxy groups -OCH3 is 1. The molecule has 0 saturated carbocycles. The molecule has 0 aliphatic carbocycles. The number of carbonyl (C=O) groups excluding carboxylic acids is 2. The second-order valence-corrected chi connectivity index (χ2v) is 6.15. The van der Waals surface area contributed by atoms with E-state index in [1.807, 2.05) is 32.9 Å². The molecular formula is C18H20ClNO3. The van der Waals surface area contributed by atoms with Gasteiger partial charge in [-0.2, -0.15) is 0 Å². The Morgan fingerprint density at radius 2 is 1.70 bits per heavy atom. The summed E-state index contributed by atoms with van der Waals surface area (Å²) in [6.45, 7) is 5.85. The van der Waals surface area contributed by atoms with Crippen molar-refractivity contribution in [1.82, 2.24) is 4.57 Å². The maximum atomic E-state index is 12.9. The molecule has 1 aromatic carbocycles. The van der Waals surface area contributed by atoms with Gasteiger partial charge in [-0.05, 0) is 38.0 Å². The van der Waals surface area contributed by atoms with Crippen molar-refractivity contribution in [3.8, 4) is 0 Å². The zero-order valence-corrected chi connectivity index (χ0v) is 14.7. The summed E-state index contributed by atoms with van der Waals surface area (Å²) in [5.41, 5.74) is 4.69. The largest absolute Gasteiger partial charge is 0.469 e. The number of rotatable bonds is 4. The second kappa shape index (κ2) is 6.59. The van der Waals surface area contributed by atoms with Crippen LogP contribution in [-0.2, 0) is 23.0 Å². The highest BCUT2D eigenvalue weighted by molar-refractivity contribution is 6.32. The number of nitrogens with zero attached hydrogens (tertiary/aromatic N) is 1. The number of ether oxygens (including phenoxy) is 1. The van der Waals surface area contributed by atoms with E-state index in [0.717, 1.165) is 16.7 Å². The van der Waals surface area contributed by atoms with Crippen LogP contribution in [0.5, 0.6) is 0 Å². The molecule has 0 saturated heterocycles. The molecule has 0 aliphatic heterocycles. The molecule has 2 rings (SSSR count). The number of aromatic nitrogens is 1. The first-order chi connectivity index (χ1) is 10.8. The fraction of sp³-hybridized carbons (Fsp3) is 0.333. The van der Waals surface area contributed by atoms with Crippen molar-refractivity contribution in [2.24, 2.45) is 7.05 Å². The van der Waals surface area contributed by atoms with Gasteiger partial charge in [0.1, 0.15) is 0 Å². The van der Waals surface area contributed by atoms with Crippen LogP contribution < -0.4 is 0 Å². The highest BCUT2D eigenvalue weighted by Gasteiger charge is 2.22. The van der Waals surface area contributed by atoms with Crippen LogP contribution in [0.3, 0.4) is 0 Å². The van der Waals surface area contributed by atoms with Crippen LogP contribution >= 0.6 is 11.6 Å². The number of halogens is 1. The van der Waals surface area contributed by atoms with Crippen LogP contribution in [0, 0.1) is 20.8 Å². The predicted octanol–water partition coefficient (Wildman–Crippen LogP) is 3.55. The Labute approximate surface area is 141 Å². The first kappa shape index (κ1) is 17.3. The lowest BCUT2D eigenvalue weighted by Crippen LogP contribution is -2.14. The first-order valence-corrected chi connectivity index (χ1v) is 7.67. The Balaban J connectivity index is 2.50. The molecule has 1 heterocycles. The molecule has 5 heteroatoms. The van der Waals surface area contributed by atoms with Crippen molar-refractivity contribution in [3.05, 3.63) is 56.9 Å². The van der Waals surface area contributed by atoms with E-state index in [1.165, 1.54) is 7.11 Å². The summed E-state index contributed by atoms with van der Waals surface area (Å²) < 4.78 is 6.34. The number of carbonyl (C=O) groups is 2. The summed E-state index contributed by atoms with van der Waals surface area (Å²) in [5, 5.41) is 0.392. The molecule has 122 valence electrons. The maximum Gasteiger partial charge on any atom is 0.311 e. The van der Waals surface area contributed by atoms with Gasteiger partial charge in [-0.3, -0.25) is 9.59 Å². The van der Waals surface area contributed by atoms with Gasteiger partial charge < -0.3 is 9.30 Å². The monoisotopic (exact) mass is 333 g/mol. The summed E-state index contributed by atoms with van der Waals surface area (Å²) >= 11 is 6.21. The quantitative estimate of drug-likeness (QED) is 0.635. The fourth-order valence-corrected chi connectivity index (χ4v) is 3.20. The van der Waals surface area contributed by atoms with E-state index in [2.05, 4.69) is 4.74 Å². The van der Waals surface area contributed by atoms with Gasteiger partial charge >= 0.3 is 5.97 Å². The highest BCUT2D eigenvalue weighted by atomic mass is 35.5. The minimum absolute atomic E-state index is 0.0327. The molecule has 0 unspecified atom stereocenters. The summed E-state index contributed by atoms with van der Waals surface area (Å²) in [4.78, 5) is 24.4. The molecule has 0 atom stereocenters. The minimum atomic E-state index is -0.394. The average molecular weight is 334 g/mol. The lowest BCUT2D eigenvalue weighted by atomic mass is 9.95. The Morgan fingerprint density at radius 1 is 1.13 bits per heavy atom. The number of esters is 1. The van der Waals surface area contributed by atoms with Crippen LogP contribution in [0.25, 0.3) is 0 Å². The molecule has 0 N–H and O–H groups in total. The van der Waals surface area contributed by atoms with Gasteiger partial charge in [0.25, 0.3) is 0 Å². The number of aryl methyl sites for hydroxylation is 3. The van der Waals surface area contributed by atoms with Crippen LogP contribution in [0.4, 0.5) is 0 Å². The van der Waals surface area contributed by atoms with Gasteiger partial charge in [0.15, 0.2) is 0 Å². The molecular weight excluding hydrogens is 314 g/mol. The van der Waals surface area contributed by atoms with E-state index in [0.29, 0.717) is 22.0 Å². The van der Waals surface area contributed by atoms with E-state index in [-0.39, 0.29) is 12.2 Å². The van der Waals surface area contributed by atoms with Crippen molar-refractivity contribution in [3.63, 3.8) is 0 Å². The normalized spacial score (nSPS) is 10.7. The average Bonchev–Trinajstić information content (AvgIpc) is 2.74. The standard InChI is InChI=1S/C18H20ClNO3/c1-10-6-11(2)17(12(3)7-10)18(22)15-8-13(19)14(20(15)4)9-16(21)23-5/h6-8H,9H2,1-5H3. The topological polar surface area (TPSA) is 48.3 Å². The van der Waals surface area contributed by atoms with E-state index in [9.17, 15) is 9.59 Å². The smallest absolute Gasteiger partial charge is 0.311 e. The number of hydrogen-bond acceptors (Lipinski definition) is 3. The third-order valence-electron chi connectivity index (χ3n) is 3.98. The van der Waals surface area contributed by atoms with Crippen LogP contribution in [0.1, 0.15) is 38.4 Å². The number of ketones is 1. The van der Waals surface area contributed by atoms with Crippen molar-refractivity contribution in [2.75, 3.05) is 7.11 Å². The van der Waals surface area contributed by atoms with Crippen LogP contribution in [0.15, 0.2) is 18.2 Å².